The second-order valence-corrected chi connectivity index (χ2v) is 8.11. The van der Waals surface area contributed by atoms with E-state index in [1.807, 2.05) is 78.9 Å². The molecule has 5 aromatic carbocycles. The predicted octanol–water partition coefficient (Wildman–Crippen LogP) is 7.11. The molecule has 168 valence electrons. The maximum absolute atomic E-state index is 13.0. The predicted molar refractivity (Wildman–Crippen MR) is 135 cm³/mol. The summed E-state index contributed by atoms with van der Waals surface area (Å²) >= 11 is 0. The Morgan fingerprint density at radius 1 is 0.657 bits per heavy atom. The average molecular weight is 458 g/mol. The van der Waals surface area contributed by atoms with E-state index in [0.29, 0.717) is 22.3 Å². The molecule has 0 unspecified atom stereocenters. The number of hydrogen-bond donors (Lipinski definition) is 0. The molecule has 0 saturated carbocycles. The van der Waals surface area contributed by atoms with E-state index in [9.17, 15) is 9.59 Å². The summed E-state index contributed by atoms with van der Waals surface area (Å²) in [7, 11) is 0. The number of rotatable bonds is 4. The molecule has 0 bridgehead atoms. The minimum absolute atomic E-state index is 0.0771. The van der Waals surface area contributed by atoms with Gasteiger partial charge in [-0.1, -0.05) is 66.7 Å². The van der Waals surface area contributed by atoms with Gasteiger partial charge in [-0.25, -0.2) is 4.79 Å². The van der Waals surface area contributed by atoms with Gasteiger partial charge in [-0.3, -0.25) is 4.79 Å². The van der Waals surface area contributed by atoms with Crippen molar-refractivity contribution in [3.05, 3.63) is 125 Å². The number of fused-ring (bicyclic) bond motifs is 3. The molecule has 0 N–H and O–H groups in total. The number of carbonyl (C=O) groups excluding carboxylic acids is 1. The molecule has 1 heterocycles. The third-order valence-corrected chi connectivity index (χ3v) is 5.88. The lowest BCUT2D eigenvalue weighted by molar-refractivity contribution is 0.0737. The summed E-state index contributed by atoms with van der Waals surface area (Å²) in [5.41, 5.74) is 0.444. The molecule has 0 amide bonds. The summed E-state index contributed by atoms with van der Waals surface area (Å²) in [5.74, 6) is 0.408. The molecule has 0 aliphatic heterocycles. The fourth-order valence-corrected chi connectivity index (χ4v) is 4.15. The quantitative estimate of drug-likeness (QED) is 0.208. The Balaban J connectivity index is 1.28. The number of hydrogen-bond acceptors (Lipinski definition) is 5. The minimum Gasteiger partial charge on any atom is -0.460 e. The number of benzene rings is 5. The topological polar surface area (TPSA) is 65.7 Å². The van der Waals surface area contributed by atoms with Crippen LogP contribution < -0.4 is 14.9 Å². The fraction of sp³-hybridized carbons (Fsp3) is 0. The lowest BCUT2D eigenvalue weighted by atomic mass is 10.0. The van der Waals surface area contributed by atoms with E-state index in [1.54, 1.807) is 18.2 Å². The van der Waals surface area contributed by atoms with Gasteiger partial charge >= 0.3 is 5.97 Å². The van der Waals surface area contributed by atoms with Crippen LogP contribution in [-0.2, 0) is 0 Å². The van der Waals surface area contributed by atoms with Gasteiger partial charge in [0, 0.05) is 6.07 Å². The van der Waals surface area contributed by atoms with Crippen LogP contribution in [0.15, 0.2) is 119 Å². The third kappa shape index (κ3) is 3.89. The van der Waals surface area contributed by atoms with Gasteiger partial charge in [-0.15, -0.1) is 0 Å². The van der Waals surface area contributed by atoms with Crippen LogP contribution in [0.2, 0.25) is 0 Å². The van der Waals surface area contributed by atoms with Crippen molar-refractivity contribution >= 4 is 38.5 Å². The van der Waals surface area contributed by atoms with E-state index in [4.69, 9.17) is 13.9 Å². The van der Waals surface area contributed by atoms with Crippen LogP contribution in [0.25, 0.3) is 32.5 Å². The van der Waals surface area contributed by atoms with Crippen LogP contribution in [0.1, 0.15) is 10.4 Å². The SMILES string of the molecule is O=C(Oc1ccc2c(=O)c(Oc3ccc4ccccc4c3)coc2c1)c1cccc2ccccc12. The summed E-state index contributed by atoms with van der Waals surface area (Å²) in [6.07, 6.45) is 1.27. The van der Waals surface area contributed by atoms with E-state index in [0.717, 1.165) is 21.5 Å². The van der Waals surface area contributed by atoms with E-state index in [2.05, 4.69) is 0 Å². The van der Waals surface area contributed by atoms with Crippen molar-refractivity contribution in [2.24, 2.45) is 0 Å². The molecule has 0 fully saturated rings. The molecule has 0 aliphatic rings. The van der Waals surface area contributed by atoms with E-state index < -0.39 is 5.97 Å². The lowest BCUT2D eigenvalue weighted by Crippen LogP contribution is -2.09. The normalized spacial score (nSPS) is 11.1. The summed E-state index contributed by atoms with van der Waals surface area (Å²) in [6, 6.07) is 31.3. The summed E-state index contributed by atoms with van der Waals surface area (Å²) in [5, 5.41) is 4.17. The van der Waals surface area contributed by atoms with Gasteiger partial charge in [0.25, 0.3) is 0 Å². The Kier molecular flexibility index (Phi) is 5.00. The first kappa shape index (κ1) is 20.7. The van der Waals surface area contributed by atoms with Gasteiger partial charge in [0.05, 0.1) is 10.9 Å². The zero-order chi connectivity index (χ0) is 23.8. The highest BCUT2D eigenvalue weighted by Crippen LogP contribution is 2.27. The Morgan fingerprint density at radius 3 is 2.29 bits per heavy atom. The van der Waals surface area contributed by atoms with Crippen molar-refractivity contribution in [1.82, 2.24) is 0 Å². The van der Waals surface area contributed by atoms with Gasteiger partial charge in [0.2, 0.25) is 11.2 Å². The van der Waals surface area contributed by atoms with Gasteiger partial charge in [-0.2, -0.15) is 0 Å². The minimum atomic E-state index is -0.486. The van der Waals surface area contributed by atoms with Crippen molar-refractivity contribution in [2.45, 2.75) is 0 Å². The van der Waals surface area contributed by atoms with Crippen LogP contribution in [0.4, 0.5) is 0 Å². The first-order valence-electron chi connectivity index (χ1n) is 11.1. The smallest absolute Gasteiger partial charge is 0.344 e. The van der Waals surface area contributed by atoms with Crippen molar-refractivity contribution in [1.29, 1.82) is 0 Å². The zero-order valence-corrected chi connectivity index (χ0v) is 18.4. The molecule has 0 spiro atoms. The van der Waals surface area contributed by atoms with Crippen LogP contribution in [0.3, 0.4) is 0 Å². The molecule has 0 atom stereocenters. The molecule has 0 saturated heterocycles. The molecule has 6 aromatic rings. The first-order chi connectivity index (χ1) is 17.2. The highest BCUT2D eigenvalue weighted by molar-refractivity contribution is 6.05. The van der Waals surface area contributed by atoms with Gasteiger partial charge in [0.1, 0.15) is 23.3 Å². The van der Waals surface area contributed by atoms with Gasteiger partial charge < -0.3 is 13.9 Å². The second kappa shape index (κ2) is 8.47. The van der Waals surface area contributed by atoms with Gasteiger partial charge in [-0.05, 0) is 51.9 Å². The Labute approximate surface area is 199 Å². The van der Waals surface area contributed by atoms with Crippen molar-refractivity contribution < 1.29 is 18.7 Å². The maximum atomic E-state index is 13.0. The molecule has 0 aliphatic carbocycles. The summed E-state index contributed by atoms with van der Waals surface area (Å²) < 4.78 is 17.1. The maximum Gasteiger partial charge on any atom is 0.344 e. The van der Waals surface area contributed by atoms with E-state index in [1.165, 1.54) is 12.3 Å². The molecular weight excluding hydrogens is 440 g/mol. The number of carbonyl (C=O) groups is 1. The Hall–Kier alpha value is -4.90. The van der Waals surface area contributed by atoms with Crippen molar-refractivity contribution in [3.8, 4) is 17.2 Å². The highest BCUT2D eigenvalue weighted by Gasteiger charge is 2.15. The van der Waals surface area contributed by atoms with Crippen LogP contribution in [0.5, 0.6) is 17.2 Å². The standard InChI is InChI=1S/C30H18O5/c31-29-26-15-14-23(35-30(32)25-11-5-9-20-7-3-4-10-24(20)25)17-27(26)33-18-28(29)34-22-13-12-19-6-1-2-8-21(19)16-22/h1-18H. The molecule has 5 nitrogen and oxygen atoms in total. The zero-order valence-electron chi connectivity index (χ0n) is 18.4. The summed E-state index contributed by atoms with van der Waals surface area (Å²) in [6.45, 7) is 0. The summed E-state index contributed by atoms with van der Waals surface area (Å²) in [4.78, 5) is 25.9. The molecule has 6 rings (SSSR count). The first-order valence-corrected chi connectivity index (χ1v) is 11.1. The third-order valence-electron chi connectivity index (χ3n) is 5.88. The lowest BCUT2D eigenvalue weighted by Gasteiger charge is -2.09. The van der Waals surface area contributed by atoms with Crippen molar-refractivity contribution in [2.75, 3.05) is 0 Å². The number of esters is 1. The Bertz CT molecular complexity index is 1790. The average Bonchev–Trinajstić information content (AvgIpc) is 2.90. The molecule has 35 heavy (non-hydrogen) atoms. The fourth-order valence-electron chi connectivity index (χ4n) is 4.15. The monoisotopic (exact) mass is 458 g/mol. The van der Waals surface area contributed by atoms with Crippen LogP contribution in [-0.4, -0.2) is 5.97 Å². The van der Waals surface area contributed by atoms with Crippen LogP contribution in [0, 0.1) is 0 Å². The molecule has 1 aromatic heterocycles. The van der Waals surface area contributed by atoms with E-state index in [-0.39, 0.29) is 16.9 Å². The molecule has 0 radical (unpaired) electrons. The largest absolute Gasteiger partial charge is 0.460 e. The molecular formula is C30H18O5. The molecule has 5 heteroatoms. The van der Waals surface area contributed by atoms with Crippen LogP contribution >= 0.6 is 0 Å². The van der Waals surface area contributed by atoms with Crippen molar-refractivity contribution in [3.63, 3.8) is 0 Å². The second-order valence-electron chi connectivity index (χ2n) is 8.11. The van der Waals surface area contributed by atoms with E-state index >= 15 is 0 Å². The highest BCUT2D eigenvalue weighted by atomic mass is 16.5. The Morgan fingerprint density at radius 2 is 1.40 bits per heavy atom. The van der Waals surface area contributed by atoms with Gasteiger partial charge in [0.15, 0.2) is 0 Å². The number of ether oxygens (including phenoxy) is 2.